The van der Waals surface area contributed by atoms with Gasteiger partial charge in [0, 0.05) is 11.0 Å². The van der Waals surface area contributed by atoms with E-state index in [1.54, 1.807) is 4.90 Å². The standard InChI is InChI=1S/C12H15BrN2O2/c13-10-4-2-1-3-9(10)11-8-15(5-6-17-11)12(16)7-14/h1-4,11H,5-8,14H2/t11-/m0/s1. The minimum Gasteiger partial charge on any atom is -0.370 e. The van der Waals surface area contributed by atoms with Crippen molar-refractivity contribution < 1.29 is 9.53 Å². The molecule has 1 atom stereocenters. The minimum atomic E-state index is -0.0742. The summed E-state index contributed by atoms with van der Waals surface area (Å²) < 4.78 is 6.71. The molecule has 0 bridgehead atoms. The maximum atomic E-state index is 11.6. The number of carbonyl (C=O) groups excluding carboxylic acids is 1. The second kappa shape index (κ2) is 5.62. The smallest absolute Gasteiger partial charge is 0.236 e. The molecule has 2 rings (SSSR count). The van der Waals surface area contributed by atoms with Crippen LogP contribution in [0.1, 0.15) is 11.7 Å². The van der Waals surface area contributed by atoms with Gasteiger partial charge in [-0.15, -0.1) is 0 Å². The van der Waals surface area contributed by atoms with Crippen LogP contribution in [0.3, 0.4) is 0 Å². The molecule has 1 heterocycles. The summed E-state index contributed by atoms with van der Waals surface area (Å²) in [4.78, 5) is 13.3. The van der Waals surface area contributed by atoms with Crippen molar-refractivity contribution in [2.45, 2.75) is 6.10 Å². The summed E-state index contributed by atoms with van der Waals surface area (Å²) in [6.07, 6.45) is -0.0742. The van der Waals surface area contributed by atoms with Gasteiger partial charge in [0.1, 0.15) is 6.10 Å². The van der Waals surface area contributed by atoms with Gasteiger partial charge in [0.15, 0.2) is 0 Å². The molecule has 5 heteroatoms. The molecule has 0 spiro atoms. The van der Waals surface area contributed by atoms with E-state index in [1.807, 2.05) is 24.3 Å². The van der Waals surface area contributed by atoms with Crippen molar-refractivity contribution in [1.82, 2.24) is 4.90 Å². The monoisotopic (exact) mass is 298 g/mol. The van der Waals surface area contributed by atoms with Crippen LogP contribution >= 0.6 is 15.9 Å². The van der Waals surface area contributed by atoms with Crippen molar-refractivity contribution in [3.63, 3.8) is 0 Å². The Morgan fingerprint density at radius 2 is 2.29 bits per heavy atom. The molecule has 0 unspecified atom stereocenters. The van der Waals surface area contributed by atoms with Crippen molar-refractivity contribution in [2.24, 2.45) is 5.73 Å². The number of morpholine rings is 1. The van der Waals surface area contributed by atoms with Crippen molar-refractivity contribution >= 4 is 21.8 Å². The molecule has 0 saturated carbocycles. The van der Waals surface area contributed by atoms with E-state index in [-0.39, 0.29) is 18.6 Å². The average Bonchev–Trinajstić information content (AvgIpc) is 2.38. The second-order valence-electron chi connectivity index (χ2n) is 3.92. The highest BCUT2D eigenvalue weighted by Gasteiger charge is 2.25. The van der Waals surface area contributed by atoms with Gasteiger partial charge in [0.25, 0.3) is 0 Å². The lowest BCUT2D eigenvalue weighted by molar-refractivity contribution is -0.137. The lowest BCUT2D eigenvalue weighted by atomic mass is 10.1. The molecule has 1 aliphatic rings. The molecule has 1 aliphatic heterocycles. The van der Waals surface area contributed by atoms with Crippen LogP contribution in [0.25, 0.3) is 0 Å². The predicted octanol–water partition coefficient (Wildman–Crippen LogP) is 1.31. The summed E-state index contributed by atoms with van der Waals surface area (Å²) in [6.45, 7) is 1.80. The van der Waals surface area contributed by atoms with Crippen molar-refractivity contribution in [1.29, 1.82) is 0 Å². The first-order valence-corrected chi connectivity index (χ1v) is 6.35. The number of carbonyl (C=O) groups is 1. The fraction of sp³-hybridized carbons (Fsp3) is 0.417. The maximum Gasteiger partial charge on any atom is 0.236 e. The maximum absolute atomic E-state index is 11.6. The molecule has 1 fully saturated rings. The highest BCUT2D eigenvalue weighted by Crippen LogP contribution is 2.28. The highest BCUT2D eigenvalue weighted by atomic mass is 79.9. The second-order valence-corrected chi connectivity index (χ2v) is 4.78. The first-order chi connectivity index (χ1) is 8.22. The van der Waals surface area contributed by atoms with E-state index in [4.69, 9.17) is 10.5 Å². The minimum absolute atomic E-state index is 0.0228. The third-order valence-electron chi connectivity index (χ3n) is 2.85. The Kier molecular flexibility index (Phi) is 4.15. The zero-order valence-electron chi connectivity index (χ0n) is 9.43. The molecule has 1 amide bonds. The van der Waals surface area contributed by atoms with Gasteiger partial charge < -0.3 is 15.4 Å². The lowest BCUT2D eigenvalue weighted by Crippen LogP contribution is -2.44. The Morgan fingerprint density at radius 1 is 1.53 bits per heavy atom. The zero-order chi connectivity index (χ0) is 12.3. The molecule has 17 heavy (non-hydrogen) atoms. The first-order valence-electron chi connectivity index (χ1n) is 5.56. The van der Waals surface area contributed by atoms with Crippen LogP contribution in [0, 0.1) is 0 Å². The third-order valence-corrected chi connectivity index (χ3v) is 3.57. The molecule has 4 nitrogen and oxygen atoms in total. The van der Waals surface area contributed by atoms with E-state index in [1.165, 1.54) is 0 Å². The van der Waals surface area contributed by atoms with Crippen LogP contribution in [0.15, 0.2) is 28.7 Å². The van der Waals surface area contributed by atoms with Crippen molar-refractivity contribution in [2.75, 3.05) is 26.2 Å². The predicted molar refractivity (Wildman–Crippen MR) is 68.5 cm³/mol. The Morgan fingerprint density at radius 3 is 3.00 bits per heavy atom. The fourth-order valence-electron chi connectivity index (χ4n) is 1.93. The van der Waals surface area contributed by atoms with E-state index in [0.29, 0.717) is 19.7 Å². The number of hydrogen-bond donors (Lipinski definition) is 1. The van der Waals surface area contributed by atoms with Gasteiger partial charge in [-0.2, -0.15) is 0 Å². The number of rotatable bonds is 2. The van der Waals surface area contributed by atoms with E-state index < -0.39 is 0 Å². The summed E-state index contributed by atoms with van der Waals surface area (Å²) in [5, 5.41) is 0. The number of halogens is 1. The molecular formula is C12H15BrN2O2. The van der Waals surface area contributed by atoms with Gasteiger partial charge in [-0.3, -0.25) is 4.79 Å². The first kappa shape index (κ1) is 12.5. The third kappa shape index (κ3) is 2.86. The molecule has 0 radical (unpaired) electrons. The van der Waals surface area contributed by atoms with E-state index in [2.05, 4.69) is 15.9 Å². The number of amides is 1. The Labute approximate surface area is 109 Å². The summed E-state index contributed by atoms with van der Waals surface area (Å²) in [6, 6.07) is 7.90. The Balaban J connectivity index is 2.12. The molecule has 2 N–H and O–H groups in total. The van der Waals surface area contributed by atoms with Crippen LogP contribution in [-0.4, -0.2) is 37.0 Å². The van der Waals surface area contributed by atoms with Crippen LogP contribution in [-0.2, 0) is 9.53 Å². The van der Waals surface area contributed by atoms with Crippen LogP contribution < -0.4 is 5.73 Å². The summed E-state index contributed by atoms with van der Waals surface area (Å²) >= 11 is 3.50. The normalized spacial score (nSPS) is 20.4. The molecular weight excluding hydrogens is 284 g/mol. The number of nitrogens with zero attached hydrogens (tertiary/aromatic N) is 1. The van der Waals surface area contributed by atoms with Gasteiger partial charge in [0.05, 0.1) is 19.7 Å². The van der Waals surface area contributed by atoms with Gasteiger partial charge in [-0.1, -0.05) is 34.1 Å². The molecule has 1 aromatic carbocycles. The highest BCUT2D eigenvalue weighted by molar-refractivity contribution is 9.10. The largest absolute Gasteiger partial charge is 0.370 e. The molecule has 1 saturated heterocycles. The zero-order valence-corrected chi connectivity index (χ0v) is 11.0. The SMILES string of the molecule is NCC(=O)N1CCO[C@H](c2ccccc2Br)C1. The quantitative estimate of drug-likeness (QED) is 0.896. The number of ether oxygens (including phenoxy) is 1. The average molecular weight is 299 g/mol. The number of benzene rings is 1. The molecule has 92 valence electrons. The summed E-state index contributed by atoms with van der Waals surface area (Å²) in [5.74, 6) is -0.0228. The number of nitrogens with two attached hydrogens (primary N) is 1. The van der Waals surface area contributed by atoms with Crippen LogP contribution in [0.4, 0.5) is 0 Å². The van der Waals surface area contributed by atoms with Crippen molar-refractivity contribution in [3.05, 3.63) is 34.3 Å². The van der Waals surface area contributed by atoms with Gasteiger partial charge in [-0.25, -0.2) is 0 Å². The fourth-order valence-corrected chi connectivity index (χ4v) is 2.47. The van der Waals surface area contributed by atoms with E-state index in [0.717, 1.165) is 10.0 Å². The topological polar surface area (TPSA) is 55.6 Å². The molecule has 1 aromatic rings. The van der Waals surface area contributed by atoms with E-state index in [9.17, 15) is 4.79 Å². The van der Waals surface area contributed by atoms with Crippen molar-refractivity contribution in [3.8, 4) is 0 Å². The van der Waals surface area contributed by atoms with Crippen LogP contribution in [0.5, 0.6) is 0 Å². The summed E-state index contributed by atoms with van der Waals surface area (Å²) in [5.41, 5.74) is 6.45. The van der Waals surface area contributed by atoms with Crippen LogP contribution in [0.2, 0.25) is 0 Å². The van der Waals surface area contributed by atoms with Gasteiger partial charge in [-0.05, 0) is 11.6 Å². The Hall–Kier alpha value is -0.910. The van der Waals surface area contributed by atoms with Gasteiger partial charge in [0.2, 0.25) is 5.91 Å². The molecule has 0 aromatic heterocycles. The Bertz CT molecular complexity index is 411. The van der Waals surface area contributed by atoms with Gasteiger partial charge >= 0.3 is 0 Å². The molecule has 0 aliphatic carbocycles. The number of hydrogen-bond acceptors (Lipinski definition) is 3. The lowest BCUT2D eigenvalue weighted by Gasteiger charge is -2.33. The van der Waals surface area contributed by atoms with E-state index >= 15 is 0 Å². The summed E-state index contributed by atoms with van der Waals surface area (Å²) in [7, 11) is 0.